The summed E-state index contributed by atoms with van der Waals surface area (Å²) >= 11 is 12.0. The Hall–Kier alpha value is -1.07. The Kier molecular flexibility index (Phi) is 4.46. The van der Waals surface area contributed by atoms with E-state index >= 15 is 0 Å². The van der Waals surface area contributed by atoms with Gasteiger partial charge in [0, 0.05) is 6.04 Å². The fourth-order valence-corrected chi connectivity index (χ4v) is 4.83. The van der Waals surface area contributed by atoms with Crippen LogP contribution in [0.1, 0.15) is 30.0 Å². The molecule has 0 spiro atoms. The van der Waals surface area contributed by atoms with Crippen LogP contribution in [-0.4, -0.2) is 8.42 Å². The second kappa shape index (κ2) is 6.20. The summed E-state index contributed by atoms with van der Waals surface area (Å²) < 4.78 is 28.0. The van der Waals surface area contributed by atoms with Crippen molar-refractivity contribution < 1.29 is 8.42 Å². The molecule has 116 valence electrons. The molecular formula is C16H15Cl2NO2S. The maximum Gasteiger partial charge on any atom is 0.242 e. The molecule has 1 aliphatic rings. The molecular weight excluding hydrogens is 341 g/mol. The van der Waals surface area contributed by atoms with Gasteiger partial charge < -0.3 is 0 Å². The molecule has 0 saturated heterocycles. The van der Waals surface area contributed by atoms with Crippen LogP contribution in [0.25, 0.3) is 0 Å². The number of rotatable bonds is 3. The molecule has 0 amide bonds. The maximum atomic E-state index is 12.6. The van der Waals surface area contributed by atoms with E-state index in [1.165, 1.54) is 11.6 Å². The van der Waals surface area contributed by atoms with E-state index in [4.69, 9.17) is 23.2 Å². The third kappa shape index (κ3) is 3.01. The lowest BCUT2D eigenvalue weighted by atomic mass is 9.88. The predicted molar refractivity (Wildman–Crippen MR) is 88.9 cm³/mol. The first-order valence-electron chi connectivity index (χ1n) is 7.03. The Morgan fingerprint density at radius 1 is 1.05 bits per heavy atom. The lowest BCUT2D eigenvalue weighted by Gasteiger charge is -2.26. The Labute approximate surface area is 140 Å². The number of hydrogen-bond acceptors (Lipinski definition) is 2. The molecule has 0 fully saturated rings. The first-order valence-corrected chi connectivity index (χ1v) is 9.27. The number of fused-ring (bicyclic) bond motifs is 1. The molecule has 0 aliphatic heterocycles. The van der Waals surface area contributed by atoms with Crippen molar-refractivity contribution in [1.29, 1.82) is 0 Å². The zero-order valence-electron chi connectivity index (χ0n) is 11.7. The van der Waals surface area contributed by atoms with Gasteiger partial charge in [0.25, 0.3) is 0 Å². The van der Waals surface area contributed by atoms with E-state index in [1.54, 1.807) is 12.1 Å². The van der Waals surface area contributed by atoms with Crippen molar-refractivity contribution in [3.05, 3.63) is 63.6 Å². The van der Waals surface area contributed by atoms with Crippen molar-refractivity contribution in [3.63, 3.8) is 0 Å². The lowest BCUT2D eigenvalue weighted by molar-refractivity contribution is 0.507. The van der Waals surface area contributed by atoms with Gasteiger partial charge in [0.15, 0.2) is 0 Å². The van der Waals surface area contributed by atoms with Crippen molar-refractivity contribution in [1.82, 2.24) is 4.72 Å². The molecule has 0 radical (unpaired) electrons. The van der Waals surface area contributed by atoms with Crippen LogP contribution in [0.2, 0.25) is 10.0 Å². The second-order valence-corrected chi connectivity index (χ2v) is 7.78. The van der Waals surface area contributed by atoms with Crippen LogP contribution in [0.3, 0.4) is 0 Å². The monoisotopic (exact) mass is 355 g/mol. The fraction of sp³-hybridized carbons (Fsp3) is 0.250. The van der Waals surface area contributed by atoms with E-state index in [-0.39, 0.29) is 21.0 Å². The van der Waals surface area contributed by atoms with Gasteiger partial charge in [0.2, 0.25) is 10.0 Å². The van der Waals surface area contributed by atoms with Gasteiger partial charge in [-0.25, -0.2) is 13.1 Å². The molecule has 0 unspecified atom stereocenters. The van der Waals surface area contributed by atoms with Gasteiger partial charge >= 0.3 is 0 Å². The van der Waals surface area contributed by atoms with Gasteiger partial charge in [-0.2, -0.15) is 0 Å². The Balaban J connectivity index is 1.95. The molecule has 2 aromatic rings. The van der Waals surface area contributed by atoms with E-state index in [2.05, 4.69) is 4.72 Å². The summed E-state index contributed by atoms with van der Waals surface area (Å²) in [7, 11) is -3.72. The Morgan fingerprint density at radius 3 is 2.64 bits per heavy atom. The van der Waals surface area contributed by atoms with Crippen LogP contribution in [0, 0.1) is 0 Å². The molecule has 22 heavy (non-hydrogen) atoms. The normalized spacial score (nSPS) is 18.0. The first kappa shape index (κ1) is 15.8. The topological polar surface area (TPSA) is 46.2 Å². The van der Waals surface area contributed by atoms with Crippen LogP contribution in [0.4, 0.5) is 0 Å². The number of nitrogens with one attached hydrogen (secondary N) is 1. The first-order chi connectivity index (χ1) is 10.5. The summed E-state index contributed by atoms with van der Waals surface area (Å²) in [6.45, 7) is 0. The van der Waals surface area contributed by atoms with Crippen molar-refractivity contribution in [2.24, 2.45) is 0 Å². The van der Waals surface area contributed by atoms with Crippen LogP contribution in [-0.2, 0) is 16.4 Å². The van der Waals surface area contributed by atoms with Crippen molar-refractivity contribution >= 4 is 33.2 Å². The molecule has 0 heterocycles. The average molecular weight is 356 g/mol. The van der Waals surface area contributed by atoms with Gasteiger partial charge in [-0.05, 0) is 42.5 Å². The van der Waals surface area contributed by atoms with E-state index in [0.29, 0.717) is 0 Å². The van der Waals surface area contributed by atoms with Gasteiger partial charge in [0.05, 0.1) is 10.0 Å². The van der Waals surface area contributed by atoms with E-state index in [1.807, 2.05) is 24.3 Å². The second-order valence-electron chi connectivity index (χ2n) is 5.32. The zero-order valence-corrected chi connectivity index (χ0v) is 14.0. The minimum absolute atomic E-state index is 0.0183. The van der Waals surface area contributed by atoms with Gasteiger partial charge in [-0.3, -0.25) is 0 Å². The van der Waals surface area contributed by atoms with Gasteiger partial charge in [0.1, 0.15) is 4.90 Å². The Bertz CT molecular complexity index is 806. The van der Waals surface area contributed by atoms with Crippen LogP contribution >= 0.6 is 23.2 Å². The summed E-state index contributed by atoms with van der Waals surface area (Å²) in [4.78, 5) is 0.0183. The van der Waals surface area contributed by atoms with E-state index < -0.39 is 10.0 Å². The van der Waals surface area contributed by atoms with Crippen molar-refractivity contribution in [2.75, 3.05) is 0 Å². The zero-order chi connectivity index (χ0) is 15.7. The summed E-state index contributed by atoms with van der Waals surface area (Å²) in [5.74, 6) is 0. The summed E-state index contributed by atoms with van der Waals surface area (Å²) in [6.07, 6.45) is 2.70. The maximum absolute atomic E-state index is 12.6. The number of sulfonamides is 1. The predicted octanol–water partition coefficient (Wildman–Crippen LogP) is 4.35. The van der Waals surface area contributed by atoms with Crippen LogP contribution in [0.5, 0.6) is 0 Å². The van der Waals surface area contributed by atoms with E-state index in [0.717, 1.165) is 24.8 Å². The minimum atomic E-state index is -3.72. The van der Waals surface area contributed by atoms with Gasteiger partial charge in [-0.1, -0.05) is 53.5 Å². The fourth-order valence-electron chi connectivity index (χ4n) is 2.82. The number of hydrogen-bond donors (Lipinski definition) is 1. The quantitative estimate of drug-likeness (QED) is 0.889. The molecule has 0 saturated carbocycles. The summed E-state index contributed by atoms with van der Waals surface area (Å²) in [5.41, 5.74) is 2.23. The molecule has 1 atom stereocenters. The molecule has 1 N–H and O–H groups in total. The van der Waals surface area contributed by atoms with Crippen LogP contribution in [0.15, 0.2) is 47.4 Å². The summed E-state index contributed by atoms with van der Waals surface area (Å²) in [5, 5.41) is 0.286. The highest BCUT2D eigenvalue weighted by Crippen LogP contribution is 2.33. The highest BCUT2D eigenvalue weighted by atomic mass is 35.5. The molecule has 3 nitrogen and oxygen atoms in total. The number of benzene rings is 2. The standard InChI is InChI=1S/C16H15Cl2NO2S/c17-13-8-4-10-15(16(13)18)22(20,21)19-14-9-3-6-11-5-1-2-7-12(11)14/h1-2,4-5,7-8,10,14,19H,3,6,9H2/t14-/m1/s1. The molecule has 3 rings (SSSR count). The van der Waals surface area contributed by atoms with E-state index in [9.17, 15) is 8.42 Å². The third-order valence-corrected chi connectivity index (χ3v) is 6.32. The van der Waals surface area contributed by atoms with Gasteiger partial charge in [-0.15, -0.1) is 0 Å². The van der Waals surface area contributed by atoms with Crippen molar-refractivity contribution in [3.8, 4) is 0 Å². The smallest absolute Gasteiger partial charge is 0.207 e. The molecule has 0 bridgehead atoms. The molecule has 2 aromatic carbocycles. The Morgan fingerprint density at radius 2 is 1.82 bits per heavy atom. The SMILES string of the molecule is O=S(=O)(N[C@@H]1CCCc2ccccc21)c1cccc(Cl)c1Cl. The molecule has 0 aromatic heterocycles. The largest absolute Gasteiger partial charge is 0.242 e. The number of aryl methyl sites for hydroxylation is 1. The minimum Gasteiger partial charge on any atom is -0.207 e. The third-order valence-electron chi connectivity index (χ3n) is 3.87. The average Bonchev–Trinajstić information content (AvgIpc) is 2.50. The lowest BCUT2D eigenvalue weighted by Crippen LogP contribution is -2.31. The molecule has 6 heteroatoms. The highest BCUT2D eigenvalue weighted by Gasteiger charge is 2.27. The van der Waals surface area contributed by atoms with Crippen LogP contribution < -0.4 is 4.72 Å². The molecule has 1 aliphatic carbocycles. The highest BCUT2D eigenvalue weighted by molar-refractivity contribution is 7.89. The number of halogens is 2. The summed E-state index contributed by atoms with van der Waals surface area (Å²) in [6, 6.07) is 12.3. The van der Waals surface area contributed by atoms with Crippen molar-refractivity contribution in [2.45, 2.75) is 30.2 Å².